The van der Waals surface area contributed by atoms with Crippen LogP contribution in [-0.4, -0.2) is 72.6 Å². The summed E-state index contributed by atoms with van der Waals surface area (Å²) >= 11 is 0. The zero-order chi connectivity index (χ0) is 23.3. The van der Waals surface area contributed by atoms with Gasteiger partial charge in [-0.25, -0.2) is 4.39 Å². The fourth-order valence-electron chi connectivity index (χ4n) is 3.96. The number of aromatic nitrogens is 2. The van der Waals surface area contributed by atoms with E-state index in [4.69, 9.17) is 5.11 Å². The molecule has 3 N–H and O–H groups in total. The first-order chi connectivity index (χ1) is 15.3. The number of halogens is 1. The summed E-state index contributed by atoms with van der Waals surface area (Å²) in [5.74, 6) is -1.42. The van der Waals surface area contributed by atoms with E-state index in [9.17, 15) is 19.4 Å². The zero-order valence-corrected chi connectivity index (χ0v) is 18.3. The molecule has 0 amide bonds. The van der Waals surface area contributed by atoms with Crippen molar-refractivity contribution in [1.29, 1.82) is 0 Å². The van der Waals surface area contributed by atoms with Crippen molar-refractivity contribution in [2.24, 2.45) is 0 Å². The summed E-state index contributed by atoms with van der Waals surface area (Å²) in [5, 5.41) is 29.1. The maximum atomic E-state index is 13.6. The normalized spacial score (nSPS) is 12.9. The molecule has 0 saturated heterocycles. The van der Waals surface area contributed by atoms with Gasteiger partial charge in [0.15, 0.2) is 0 Å². The number of rotatable bonds is 10. The summed E-state index contributed by atoms with van der Waals surface area (Å²) in [6, 6.07) is 12.1. The van der Waals surface area contributed by atoms with Gasteiger partial charge in [0.05, 0.1) is 24.3 Å². The Balaban J connectivity index is 0.00000385. The number of hydrogen-bond acceptors (Lipinski definition) is 4. The molecule has 0 bridgehead atoms. The van der Waals surface area contributed by atoms with Crippen molar-refractivity contribution in [3.63, 3.8) is 0 Å². The first-order valence-electron chi connectivity index (χ1n) is 10.7. The van der Waals surface area contributed by atoms with Crippen LogP contribution in [0.2, 0.25) is 0 Å². The number of carboxylic acid groups (broad SMARTS) is 1. The maximum absolute atomic E-state index is 13.6. The number of benzene rings is 1. The Morgan fingerprint density at radius 2 is 1.79 bits per heavy atom. The average molecular weight is 465 g/mol. The van der Waals surface area contributed by atoms with Crippen LogP contribution in [0.1, 0.15) is 44.8 Å². The Bertz CT molecular complexity index is 1040. The number of hydrogen-bond donors (Lipinski definition) is 3. The summed E-state index contributed by atoms with van der Waals surface area (Å²) in [6.07, 6.45) is 2.26. The summed E-state index contributed by atoms with van der Waals surface area (Å²) in [6.45, 7) is 4.13. The Labute approximate surface area is 215 Å². The van der Waals surface area contributed by atoms with Gasteiger partial charge in [0.1, 0.15) is 5.82 Å². The Morgan fingerprint density at radius 1 is 1.09 bits per heavy atom. The second-order valence-electron chi connectivity index (χ2n) is 8.27. The van der Waals surface area contributed by atoms with E-state index in [1.54, 1.807) is 18.3 Å². The number of aliphatic hydroxyl groups is 2. The van der Waals surface area contributed by atoms with Crippen molar-refractivity contribution in [2.45, 2.75) is 57.8 Å². The van der Waals surface area contributed by atoms with E-state index in [1.807, 2.05) is 24.4 Å². The molecule has 0 radical (unpaired) electrons. The van der Waals surface area contributed by atoms with E-state index in [1.165, 1.54) is 12.1 Å². The molecule has 0 aliphatic carbocycles. The standard InChI is InChI=1S/C25H29FN2O4.Na.H/c1-16(2)28-15-21(22-5-3-4-12-27-22)25(17-6-8-18(26)9-7-17)23(28)11-10-19(29)13-20(30)14-24(31)32;;/h3-9,12,15-16,19-20,29-30H,10-11,13-14H2,1-2H3,(H,31,32);;. The summed E-state index contributed by atoms with van der Waals surface area (Å²) in [5.41, 5.74) is 4.46. The zero-order valence-electron chi connectivity index (χ0n) is 18.3. The van der Waals surface area contributed by atoms with Crippen LogP contribution in [0.5, 0.6) is 0 Å². The fraction of sp³-hybridized carbons (Fsp3) is 0.360. The first kappa shape index (κ1) is 27.2. The molecule has 172 valence electrons. The van der Waals surface area contributed by atoms with Crippen molar-refractivity contribution >= 4 is 35.5 Å². The molecule has 3 rings (SSSR count). The minimum absolute atomic E-state index is 0. The fourth-order valence-corrected chi connectivity index (χ4v) is 3.96. The molecule has 2 unspecified atom stereocenters. The van der Waals surface area contributed by atoms with Crippen LogP contribution in [-0.2, 0) is 11.2 Å². The van der Waals surface area contributed by atoms with Crippen molar-refractivity contribution in [2.75, 3.05) is 0 Å². The van der Waals surface area contributed by atoms with Crippen molar-refractivity contribution < 1.29 is 24.5 Å². The number of carboxylic acids is 1. The predicted molar refractivity (Wildman–Crippen MR) is 128 cm³/mol. The van der Waals surface area contributed by atoms with E-state index in [0.717, 1.165) is 28.1 Å². The van der Waals surface area contributed by atoms with Crippen LogP contribution in [0, 0.1) is 5.82 Å². The third-order valence-corrected chi connectivity index (χ3v) is 5.44. The molecule has 0 aliphatic heterocycles. The van der Waals surface area contributed by atoms with Gasteiger partial charge in [-0.1, -0.05) is 18.2 Å². The quantitative estimate of drug-likeness (QED) is 0.397. The third kappa shape index (κ3) is 7.22. The second kappa shape index (κ2) is 12.4. The van der Waals surface area contributed by atoms with Crippen LogP contribution >= 0.6 is 0 Å². The van der Waals surface area contributed by atoms with Crippen LogP contribution < -0.4 is 0 Å². The second-order valence-corrected chi connectivity index (χ2v) is 8.27. The Hall–Kier alpha value is -2.03. The molecule has 3 aromatic rings. The number of aliphatic hydroxyl groups excluding tert-OH is 2. The Kier molecular flexibility index (Phi) is 10.3. The van der Waals surface area contributed by atoms with Gasteiger partial charge in [-0.15, -0.1) is 0 Å². The van der Waals surface area contributed by atoms with Gasteiger partial charge in [-0.3, -0.25) is 9.78 Å². The van der Waals surface area contributed by atoms with Gasteiger partial charge in [0.2, 0.25) is 0 Å². The SMILES string of the molecule is CC(C)n1cc(-c2ccccn2)c(-c2ccc(F)cc2)c1CCC(O)CC(O)CC(=O)O.[NaH]. The Morgan fingerprint density at radius 3 is 2.36 bits per heavy atom. The molecule has 1 aromatic carbocycles. The molecule has 2 atom stereocenters. The van der Waals surface area contributed by atoms with Crippen LogP contribution in [0.3, 0.4) is 0 Å². The number of nitrogens with zero attached hydrogens (tertiary/aromatic N) is 2. The molecule has 0 fully saturated rings. The molecule has 6 nitrogen and oxygen atoms in total. The number of pyridine rings is 1. The monoisotopic (exact) mass is 464 g/mol. The average Bonchev–Trinajstić information content (AvgIpc) is 3.12. The summed E-state index contributed by atoms with van der Waals surface area (Å²) < 4.78 is 15.7. The predicted octanol–water partition coefficient (Wildman–Crippen LogP) is 3.81. The van der Waals surface area contributed by atoms with Crippen molar-refractivity contribution in [1.82, 2.24) is 9.55 Å². The van der Waals surface area contributed by atoms with E-state index >= 15 is 0 Å². The molecule has 0 aliphatic rings. The van der Waals surface area contributed by atoms with Gasteiger partial charge in [-0.05, 0) is 62.9 Å². The molecule has 0 saturated carbocycles. The van der Waals surface area contributed by atoms with Crippen molar-refractivity contribution in [3.05, 3.63) is 66.4 Å². The topological polar surface area (TPSA) is 95.6 Å². The van der Waals surface area contributed by atoms with E-state index in [2.05, 4.69) is 23.4 Å². The van der Waals surface area contributed by atoms with Crippen molar-refractivity contribution in [3.8, 4) is 22.4 Å². The van der Waals surface area contributed by atoms with Gasteiger partial charge in [-0.2, -0.15) is 0 Å². The molecular weight excluding hydrogens is 434 g/mol. The van der Waals surface area contributed by atoms with E-state index in [-0.39, 0.29) is 47.8 Å². The van der Waals surface area contributed by atoms with E-state index in [0.29, 0.717) is 12.8 Å². The van der Waals surface area contributed by atoms with Crippen LogP contribution in [0.4, 0.5) is 4.39 Å². The molecule has 33 heavy (non-hydrogen) atoms. The molecule has 2 heterocycles. The van der Waals surface area contributed by atoms with Gasteiger partial charge < -0.3 is 19.9 Å². The van der Waals surface area contributed by atoms with Gasteiger partial charge >= 0.3 is 35.5 Å². The third-order valence-electron chi connectivity index (χ3n) is 5.44. The van der Waals surface area contributed by atoms with Gasteiger partial charge in [0, 0.05) is 35.3 Å². The van der Waals surface area contributed by atoms with Crippen LogP contribution in [0.15, 0.2) is 54.9 Å². The summed E-state index contributed by atoms with van der Waals surface area (Å²) in [4.78, 5) is 15.3. The molecule has 2 aromatic heterocycles. The van der Waals surface area contributed by atoms with Crippen LogP contribution in [0.25, 0.3) is 22.4 Å². The summed E-state index contributed by atoms with van der Waals surface area (Å²) in [7, 11) is 0. The molecule has 0 spiro atoms. The number of aliphatic carboxylic acids is 1. The minimum atomic E-state index is -1.10. The number of carbonyl (C=O) groups is 1. The molecular formula is C25H30FN2NaO4. The van der Waals surface area contributed by atoms with E-state index < -0.39 is 24.6 Å². The molecule has 8 heteroatoms. The van der Waals surface area contributed by atoms with Gasteiger partial charge in [0.25, 0.3) is 0 Å². The first-order valence-corrected chi connectivity index (χ1v) is 10.7.